The third-order valence-corrected chi connectivity index (χ3v) is 13.0. The Morgan fingerprint density at radius 1 is 0.690 bits per heavy atom. The Kier molecular flexibility index (Phi) is 13.8. The molecule has 1 aliphatic carbocycles. The highest BCUT2D eigenvalue weighted by Crippen LogP contribution is 2.41. The van der Waals surface area contributed by atoms with Crippen LogP contribution in [-0.4, -0.2) is 85.2 Å². The minimum Gasteiger partial charge on any atom is -0.481 e. The van der Waals surface area contributed by atoms with Crippen LogP contribution < -0.4 is 19.7 Å². The van der Waals surface area contributed by atoms with Crippen LogP contribution >= 0.6 is 0 Å². The molecular weight excluding hydrogens is 809 g/mol. The molecule has 1 heterocycles. The van der Waals surface area contributed by atoms with Gasteiger partial charge in [-0.25, -0.2) is 31.1 Å². The van der Waals surface area contributed by atoms with E-state index >= 15 is 0 Å². The number of carboxylic acids is 2. The van der Waals surface area contributed by atoms with Gasteiger partial charge in [-0.3, -0.25) is 19.6 Å². The van der Waals surface area contributed by atoms with Crippen molar-refractivity contribution >= 4 is 37.9 Å². The van der Waals surface area contributed by atoms with Gasteiger partial charge in [0.05, 0.1) is 16.2 Å². The summed E-state index contributed by atoms with van der Waals surface area (Å²) in [6.45, 7) is -0.0997. The number of aliphatic carboxylic acids is 2. The number of carboxylic acid groups (broad SMARTS) is 2. The number of hydrogen-bond donors (Lipinski definition) is 5. The van der Waals surface area contributed by atoms with E-state index in [1.807, 2.05) is 0 Å². The molecule has 0 bridgehead atoms. The van der Waals surface area contributed by atoms with Crippen LogP contribution in [0.15, 0.2) is 107 Å². The zero-order valence-corrected chi connectivity index (χ0v) is 32.2. The van der Waals surface area contributed by atoms with Gasteiger partial charge in [0, 0.05) is 32.6 Å². The van der Waals surface area contributed by atoms with Gasteiger partial charge in [-0.1, -0.05) is 0 Å². The van der Waals surface area contributed by atoms with E-state index < -0.39 is 73.6 Å². The molecule has 0 spiro atoms. The molecule has 58 heavy (non-hydrogen) atoms. The molecule has 0 aromatic heterocycles. The second-order valence-corrected chi connectivity index (χ2v) is 16.8. The van der Waals surface area contributed by atoms with Crippen molar-refractivity contribution in [3.8, 4) is 23.0 Å². The number of amides is 1. The molecule has 0 unspecified atom stereocenters. The van der Waals surface area contributed by atoms with Gasteiger partial charge in [-0.05, 0) is 116 Å². The largest absolute Gasteiger partial charge is 0.481 e. The molecule has 0 atom stereocenters. The topological polar surface area (TPSA) is 235 Å². The molecule has 16 nitrogen and oxygen atoms in total. The Bertz CT molecular complexity index is 2290. The van der Waals surface area contributed by atoms with Crippen molar-refractivity contribution in [3.63, 3.8) is 0 Å². The number of nitrogens with zero attached hydrogens (tertiary/aromatic N) is 1. The van der Waals surface area contributed by atoms with E-state index in [2.05, 4.69) is 4.72 Å². The molecule has 1 amide bonds. The summed E-state index contributed by atoms with van der Waals surface area (Å²) < 4.78 is 97.1. The molecule has 0 radical (unpaired) electrons. The number of halogens is 2. The number of sulfonamides is 2. The highest BCUT2D eigenvalue weighted by atomic mass is 32.2. The normalized spacial score (nSPS) is 15.9. The predicted molar refractivity (Wildman–Crippen MR) is 199 cm³/mol. The van der Waals surface area contributed by atoms with Crippen LogP contribution in [0.1, 0.15) is 38.5 Å². The molecule has 4 aromatic rings. The van der Waals surface area contributed by atoms with E-state index in [-0.39, 0.29) is 48.7 Å². The number of carbonyl (C=O) groups excluding carboxylic acids is 1. The van der Waals surface area contributed by atoms with Crippen molar-refractivity contribution in [2.24, 2.45) is 0 Å². The molecule has 1 saturated heterocycles. The van der Waals surface area contributed by atoms with E-state index in [4.69, 9.17) is 24.5 Å². The average Bonchev–Trinajstić information content (AvgIpc) is 3.18. The lowest BCUT2D eigenvalue weighted by molar-refractivity contribution is -0.148. The second-order valence-electron chi connectivity index (χ2n) is 13.2. The van der Waals surface area contributed by atoms with Crippen LogP contribution in [0.2, 0.25) is 0 Å². The SMILES string of the molecule is O=C(O)C1(NS(=O)(=O)c2ccc(Oc3ccc(F)cc3)cc2)CCOCC1.O=C(O)CCN(C1(C(=O)NO)CCC1)S(=O)(=O)c1ccc(Oc2ccc(F)cc2)cc1. The van der Waals surface area contributed by atoms with Gasteiger partial charge < -0.3 is 24.4 Å². The van der Waals surface area contributed by atoms with E-state index in [0.29, 0.717) is 29.4 Å². The minimum atomic E-state index is -4.27. The van der Waals surface area contributed by atoms with Crippen LogP contribution in [0.4, 0.5) is 8.78 Å². The Morgan fingerprint density at radius 3 is 1.50 bits per heavy atom. The number of benzene rings is 4. The zero-order valence-electron chi connectivity index (χ0n) is 30.5. The van der Waals surface area contributed by atoms with Gasteiger partial charge in [0.25, 0.3) is 5.91 Å². The smallest absolute Gasteiger partial charge is 0.325 e. The van der Waals surface area contributed by atoms with Crippen LogP contribution in [0, 0.1) is 11.6 Å². The highest BCUT2D eigenvalue weighted by molar-refractivity contribution is 7.89. The van der Waals surface area contributed by atoms with Gasteiger partial charge in [-0.15, -0.1) is 0 Å². The third kappa shape index (κ3) is 10.3. The maximum atomic E-state index is 13.3. The van der Waals surface area contributed by atoms with E-state index in [0.717, 1.165) is 4.31 Å². The summed E-state index contributed by atoms with van der Waals surface area (Å²) in [5, 5.41) is 27.6. The first-order valence-electron chi connectivity index (χ1n) is 17.6. The molecule has 1 aliphatic heterocycles. The fourth-order valence-electron chi connectivity index (χ4n) is 6.13. The highest BCUT2D eigenvalue weighted by Gasteiger charge is 2.54. The lowest BCUT2D eigenvalue weighted by Gasteiger charge is -2.46. The maximum absolute atomic E-state index is 13.3. The van der Waals surface area contributed by atoms with Gasteiger partial charge in [-0.2, -0.15) is 9.03 Å². The number of nitrogens with one attached hydrogen (secondary N) is 2. The fraction of sp³-hybridized carbons (Fsp3) is 0.289. The van der Waals surface area contributed by atoms with E-state index in [1.54, 1.807) is 0 Å². The molecule has 20 heteroatoms. The lowest BCUT2D eigenvalue weighted by Crippen LogP contribution is -2.64. The van der Waals surface area contributed by atoms with Crippen molar-refractivity contribution < 1.29 is 69.6 Å². The van der Waals surface area contributed by atoms with Crippen molar-refractivity contribution in [1.82, 2.24) is 14.5 Å². The fourth-order valence-corrected chi connectivity index (χ4v) is 9.34. The standard InChI is InChI=1S/C20H21FN2O7S.C18H18FNO6S/c21-14-2-4-15(5-3-14)30-16-6-8-17(9-7-16)31(28,29)23(13-10-18(24)25)20(11-1-12-20)19(26)22-27;19-13-1-3-14(4-2-13)26-15-5-7-16(8-6-15)27(23,24)20-18(17(21)22)9-11-25-12-10-18/h2-9,27H,1,10-13H2,(H,22,26)(H,24,25);1-8,20H,9-12H2,(H,21,22). The number of hydroxylamine groups is 1. The molecule has 2 fully saturated rings. The first kappa shape index (κ1) is 43.6. The molecular formula is C38H39F2N3O13S2. The lowest BCUT2D eigenvalue weighted by atomic mass is 9.76. The molecule has 5 N–H and O–H groups in total. The molecule has 310 valence electrons. The van der Waals surface area contributed by atoms with Crippen molar-refractivity contribution in [1.29, 1.82) is 0 Å². The summed E-state index contributed by atoms with van der Waals surface area (Å²) >= 11 is 0. The van der Waals surface area contributed by atoms with Crippen molar-refractivity contribution in [2.45, 2.75) is 59.4 Å². The molecule has 1 saturated carbocycles. The number of ether oxygens (including phenoxy) is 3. The quantitative estimate of drug-likeness (QED) is 0.0780. The first-order chi connectivity index (χ1) is 27.5. The average molecular weight is 848 g/mol. The number of rotatable bonds is 15. The number of hydrogen-bond acceptors (Lipinski definition) is 11. The van der Waals surface area contributed by atoms with Gasteiger partial charge >= 0.3 is 11.9 Å². The third-order valence-electron chi connectivity index (χ3n) is 9.44. The second kappa shape index (κ2) is 18.4. The Hall–Kier alpha value is -5.51. The zero-order chi connectivity index (χ0) is 42.1. The van der Waals surface area contributed by atoms with E-state index in [9.17, 15) is 45.1 Å². The summed E-state index contributed by atoms with van der Waals surface area (Å²) in [5.74, 6) is -2.75. The van der Waals surface area contributed by atoms with Crippen LogP contribution in [0.3, 0.4) is 0 Å². The Morgan fingerprint density at radius 2 is 1.12 bits per heavy atom. The van der Waals surface area contributed by atoms with Crippen LogP contribution in [0.25, 0.3) is 0 Å². The maximum Gasteiger partial charge on any atom is 0.325 e. The molecule has 4 aromatic carbocycles. The van der Waals surface area contributed by atoms with Gasteiger partial charge in [0.1, 0.15) is 45.7 Å². The minimum absolute atomic E-state index is 0.0489. The summed E-state index contributed by atoms with van der Waals surface area (Å²) in [6, 6.07) is 21.5. The van der Waals surface area contributed by atoms with Crippen molar-refractivity contribution in [3.05, 3.63) is 109 Å². The monoisotopic (exact) mass is 847 g/mol. The molecule has 2 aliphatic rings. The number of carbonyl (C=O) groups is 3. The summed E-state index contributed by atoms with van der Waals surface area (Å²) in [4.78, 5) is 34.8. The Labute approximate surface area is 332 Å². The van der Waals surface area contributed by atoms with Gasteiger partial charge in [0.15, 0.2) is 0 Å². The first-order valence-corrected chi connectivity index (χ1v) is 20.5. The summed E-state index contributed by atoms with van der Waals surface area (Å²) in [7, 11) is -8.32. The summed E-state index contributed by atoms with van der Waals surface area (Å²) in [6.07, 6.45) is 0.455. The summed E-state index contributed by atoms with van der Waals surface area (Å²) in [5.41, 5.74) is -1.63. The van der Waals surface area contributed by atoms with Gasteiger partial charge in [0.2, 0.25) is 20.0 Å². The van der Waals surface area contributed by atoms with Crippen LogP contribution in [-0.2, 0) is 39.2 Å². The van der Waals surface area contributed by atoms with Crippen LogP contribution in [0.5, 0.6) is 23.0 Å². The van der Waals surface area contributed by atoms with Crippen molar-refractivity contribution in [2.75, 3.05) is 19.8 Å². The predicted octanol–water partition coefficient (Wildman–Crippen LogP) is 5.04. The molecule has 6 rings (SSSR count). The van der Waals surface area contributed by atoms with E-state index in [1.165, 1.54) is 103 Å². The Balaban J connectivity index is 0.000000223.